The Bertz CT molecular complexity index is 1720. The summed E-state index contributed by atoms with van der Waals surface area (Å²) in [6.07, 6.45) is 3.70. The molecule has 0 unspecified atom stereocenters. The predicted octanol–water partition coefficient (Wildman–Crippen LogP) is 5.26. The van der Waals surface area contributed by atoms with Gasteiger partial charge < -0.3 is 15.4 Å². The number of nitrogens with one attached hydrogen (secondary N) is 2. The molecule has 0 spiro atoms. The van der Waals surface area contributed by atoms with Crippen molar-refractivity contribution in [2.75, 3.05) is 17.7 Å². The van der Waals surface area contributed by atoms with E-state index in [0.717, 1.165) is 47.4 Å². The van der Waals surface area contributed by atoms with Crippen LogP contribution in [-0.2, 0) is 28.9 Å². The van der Waals surface area contributed by atoms with Crippen molar-refractivity contribution in [3.8, 4) is 5.69 Å². The van der Waals surface area contributed by atoms with Gasteiger partial charge in [0.25, 0.3) is 11.6 Å². The van der Waals surface area contributed by atoms with Crippen molar-refractivity contribution in [1.29, 1.82) is 0 Å². The van der Waals surface area contributed by atoms with Crippen molar-refractivity contribution in [1.82, 2.24) is 20.1 Å². The molecule has 2 aromatic heterocycles. The summed E-state index contributed by atoms with van der Waals surface area (Å²) < 4.78 is 7.07. The fourth-order valence-corrected chi connectivity index (χ4v) is 6.96. The Morgan fingerprint density at radius 1 is 1.11 bits per heavy atom. The number of carbonyl (C=O) groups is 3. The molecule has 2 amide bonds. The van der Waals surface area contributed by atoms with E-state index in [-0.39, 0.29) is 36.1 Å². The lowest BCUT2D eigenvalue weighted by molar-refractivity contribution is -0.384. The third-order valence-electron chi connectivity index (χ3n) is 6.94. The zero-order valence-corrected chi connectivity index (χ0v) is 25.8. The summed E-state index contributed by atoms with van der Waals surface area (Å²) >= 11 is 2.61. The third kappa shape index (κ3) is 6.97. The molecule has 14 heteroatoms. The van der Waals surface area contributed by atoms with Crippen molar-refractivity contribution in [3.63, 3.8) is 0 Å². The van der Waals surface area contributed by atoms with Gasteiger partial charge in [-0.15, -0.1) is 21.5 Å². The molecule has 0 saturated carbocycles. The summed E-state index contributed by atoms with van der Waals surface area (Å²) in [6.45, 7) is 3.97. The van der Waals surface area contributed by atoms with Gasteiger partial charge in [-0.25, -0.2) is 4.79 Å². The number of benzene rings is 2. The second kappa shape index (κ2) is 13.8. The summed E-state index contributed by atoms with van der Waals surface area (Å²) in [4.78, 5) is 50.2. The van der Waals surface area contributed by atoms with Crippen molar-refractivity contribution in [2.45, 2.75) is 51.2 Å². The first-order chi connectivity index (χ1) is 21.2. The summed E-state index contributed by atoms with van der Waals surface area (Å²) in [5.74, 6) is -0.711. The van der Waals surface area contributed by atoms with Crippen LogP contribution in [0.3, 0.4) is 0 Å². The second-order valence-corrected chi connectivity index (χ2v) is 12.1. The first kappa shape index (κ1) is 30.9. The molecular formula is C30H30N6O6S2. The van der Waals surface area contributed by atoms with E-state index in [1.54, 1.807) is 11.5 Å². The van der Waals surface area contributed by atoms with Crippen LogP contribution in [0, 0.1) is 17.0 Å². The monoisotopic (exact) mass is 634 g/mol. The van der Waals surface area contributed by atoms with Crippen LogP contribution in [0.1, 0.15) is 62.3 Å². The number of nitrogens with zero attached hydrogens (tertiary/aromatic N) is 4. The maximum absolute atomic E-state index is 13.1. The van der Waals surface area contributed by atoms with E-state index in [2.05, 4.69) is 20.8 Å². The molecule has 0 radical (unpaired) electrons. The van der Waals surface area contributed by atoms with Gasteiger partial charge in [-0.05, 0) is 74.9 Å². The molecule has 4 aromatic rings. The molecule has 12 nitrogen and oxygen atoms in total. The van der Waals surface area contributed by atoms with Crippen molar-refractivity contribution in [3.05, 3.63) is 91.6 Å². The Labute approximate surface area is 261 Å². The topological polar surface area (TPSA) is 158 Å². The summed E-state index contributed by atoms with van der Waals surface area (Å²) in [6, 6.07) is 13.0. The normalized spacial score (nSPS) is 12.3. The quantitative estimate of drug-likeness (QED) is 0.0971. The highest BCUT2D eigenvalue weighted by Crippen LogP contribution is 2.38. The van der Waals surface area contributed by atoms with E-state index < -0.39 is 16.8 Å². The number of hydrogen-bond acceptors (Lipinski definition) is 10. The van der Waals surface area contributed by atoms with E-state index >= 15 is 0 Å². The maximum Gasteiger partial charge on any atom is 0.341 e. The summed E-state index contributed by atoms with van der Waals surface area (Å²) in [5, 5.41) is 26.2. The van der Waals surface area contributed by atoms with Crippen molar-refractivity contribution < 1.29 is 24.0 Å². The van der Waals surface area contributed by atoms with Crippen LogP contribution in [0.25, 0.3) is 5.69 Å². The van der Waals surface area contributed by atoms with Crippen LogP contribution >= 0.6 is 23.1 Å². The number of rotatable bonds is 11. The Morgan fingerprint density at radius 2 is 1.89 bits per heavy atom. The number of esters is 1. The number of hydrogen-bond donors (Lipinski definition) is 2. The van der Waals surface area contributed by atoms with Gasteiger partial charge in [0.15, 0.2) is 11.0 Å². The van der Waals surface area contributed by atoms with E-state index in [0.29, 0.717) is 21.5 Å². The van der Waals surface area contributed by atoms with Gasteiger partial charge in [0.05, 0.1) is 29.4 Å². The highest BCUT2D eigenvalue weighted by atomic mass is 32.2. The van der Waals surface area contributed by atoms with Gasteiger partial charge in [0, 0.05) is 28.3 Å². The van der Waals surface area contributed by atoms with Crippen molar-refractivity contribution >= 4 is 51.6 Å². The Morgan fingerprint density at radius 3 is 2.61 bits per heavy atom. The number of non-ortho nitro benzene ring substituents is 1. The molecule has 0 fully saturated rings. The van der Waals surface area contributed by atoms with Crippen LogP contribution in [0.4, 0.5) is 10.7 Å². The molecular weight excluding hydrogens is 605 g/mol. The lowest BCUT2D eigenvalue weighted by Gasteiger charge is -2.12. The number of nitro groups is 1. The number of aryl methyl sites for hydroxylation is 2. The molecule has 0 bridgehead atoms. The maximum atomic E-state index is 13.1. The molecule has 0 aliphatic heterocycles. The zero-order valence-electron chi connectivity index (χ0n) is 24.1. The second-order valence-electron chi connectivity index (χ2n) is 10.0. The van der Waals surface area contributed by atoms with Crippen LogP contribution < -0.4 is 10.6 Å². The SMILES string of the molecule is CCOC(=O)c1c(NC(=O)CSc2nnc(CNC(=O)c3ccc([N+](=O)[O-])cc3)n2-c2cccc(C)c2)sc2c1CCCC2. The molecule has 0 atom stereocenters. The molecule has 2 N–H and O–H groups in total. The molecule has 0 saturated heterocycles. The fraction of sp³-hybridized carbons (Fsp3) is 0.300. The van der Waals surface area contributed by atoms with Crippen LogP contribution in [0.15, 0.2) is 53.7 Å². The van der Waals surface area contributed by atoms with Crippen LogP contribution in [0.5, 0.6) is 0 Å². The van der Waals surface area contributed by atoms with E-state index in [4.69, 9.17) is 4.74 Å². The molecule has 2 heterocycles. The van der Waals surface area contributed by atoms with Gasteiger partial charge in [-0.3, -0.25) is 24.3 Å². The molecule has 228 valence electrons. The number of amides is 2. The number of anilines is 1. The Hall–Kier alpha value is -4.56. The van der Waals surface area contributed by atoms with Crippen LogP contribution in [0.2, 0.25) is 0 Å². The van der Waals surface area contributed by atoms with Crippen LogP contribution in [-0.4, -0.2) is 49.8 Å². The minimum absolute atomic E-state index is 0.00390. The first-order valence-electron chi connectivity index (χ1n) is 14.0. The number of thioether (sulfide) groups is 1. The largest absolute Gasteiger partial charge is 0.462 e. The lowest BCUT2D eigenvalue weighted by atomic mass is 9.95. The number of ether oxygens (including phenoxy) is 1. The highest BCUT2D eigenvalue weighted by molar-refractivity contribution is 7.99. The van der Waals surface area contributed by atoms with Gasteiger partial charge >= 0.3 is 5.97 Å². The van der Waals surface area contributed by atoms with Gasteiger partial charge in [-0.1, -0.05) is 23.9 Å². The minimum atomic E-state index is -0.529. The smallest absolute Gasteiger partial charge is 0.341 e. The highest BCUT2D eigenvalue weighted by Gasteiger charge is 2.27. The van der Waals surface area contributed by atoms with Gasteiger partial charge in [0.2, 0.25) is 5.91 Å². The average Bonchev–Trinajstić information content (AvgIpc) is 3.59. The summed E-state index contributed by atoms with van der Waals surface area (Å²) in [7, 11) is 0. The first-order valence-corrected chi connectivity index (χ1v) is 15.8. The molecule has 2 aromatic carbocycles. The van der Waals surface area contributed by atoms with Gasteiger partial charge in [0.1, 0.15) is 5.00 Å². The standard InChI is InChI=1S/C30H30N6O6S2/c1-3-42-29(39)26-22-9-4-5-10-23(22)44-28(26)32-25(37)17-43-30-34-33-24(35(30)21-8-6-7-18(2)15-21)16-31-27(38)19-11-13-20(14-12-19)36(40)41/h6-8,11-15H,3-5,9-10,16-17H2,1-2H3,(H,31,38)(H,32,37). The molecule has 44 heavy (non-hydrogen) atoms. The number of fused-ring (bicyclic) bond motifs is 1. The zero-order chi connectivity index (χ0) is 31.2. The molecule has 5 rings (SSSR count). The van der Waals surface area contributed by atoms with E-state index in [1.165, 1.54) is 47.4 Å². The van der Waals surface area contributed by atoms with E-state index in [9.17, 15) is 24.5 Å². The lowest BCUT2D eigenvalue weighted by Crippen LogP contribution is -2.24. The Kier molecular flexibility index (Phi) is 9.70. The van der Waals surface area contributed by atoms with Gasteiger partial charge in [-0.2, -0.15) is 0 Å². The number of carbonyl (C=O) groups excluding carboxylic acids is 3. The third-order valence-corrected chi connectivity index (χ3v) is 9.08. The average molecular weight is 635 g/mol. The Balaban J connectivity index is 1.32. The van der Waals surface area contributed by atoms with Crippen molar-refractivity contribution in [2.24, 2.45) is 0 Å². The minimum Gasteiger partial charge on any atom is -0.462 e. The molecule has 1 aliphatic carbocycles. The van der Waals surface area contributed by atoms with E-state index in [1.807, 2.05) is 31.2 Å². The molecule has 1 aliphatic rings. The fourth-order valence-electron chi connectivity index (χ4n) is 4.90. The number of aromatic nitrogens is 3. The summed E-state index contributed by atoms with van der Waals surface area (Å²) in [5.41, 5.74) is 3.34. The number of nitro benzene ring substituents is 1. The number of thiophene rings is 1. The predicted molar refractivity (Wildman–Crippen MR) is 167 cm³/mol.